The van der Waals surface area contributed by atoms with Crippen LogP contribution in [0.25, 0.3) is 0 Å². The number of nitrogen functional groups attached to an aromatic ring is 1. The molecule has 4 heteroatoms. The van der Waals surface area contributed by atoms with Crippen molar-refractivity contribution in [2.24, 2.45) is 5.92 Å². The Morgan fingerprint density at radius 1 is 1.47 bits per heavy atom. The van der Waals surface area contributed by atoms with Crippen molar-refractivity contribution < 1.29 is 14.3 Å². The minimum absolute atomic E-state index is 0.314. The van der Waals surface area contributed by atoms with Crippen LogP contribution in [0.5, 0.6) is 5.75 Å². The van der Waals surface area contributed by atoms with Crippen LogP contribution >= 0.6 is 0 Å². The zero-order chi connectivity index (χ0) is 12.3. The molecule has 0 aromatic heterocycles. The van der Waals surface area contributed by atoms with Gasteiger partial charge in [0.1, 0.15) is 5.75 Å². The van der Waals surface area contributed by atoms with E-state index in [-0.39, 0.29) is 5.97 Å². The highest BCUT2D eigenvalue weighted by atomic mass is 16.5. The third-order valence-corrected chi connectivity index (χ3v) is 3.14. The van der Waals surface area contributed by atoms with Crippen LogP contribution in [0.3, 0.4) is 0 Å². The fourth-order valence-electron chi connectivity index (χ4n) is 1.80. The van der Waals surface area contributed by atoms with Crippen LogP contribution in [0.15, 0.2) is 18.2 Å². The van der Waals surface area contributed by atoms with E-state index in [4.69, 9.17) is 15.2 Å². The lowest BCUT2D eigenvalue weighted by Gasteiger charge is -2.24. The fourth-order valence-corrected chi connectivity index (χ4v) is 1.80. The molecule has 0 amide bonds. The first-order valence-corrected chi connectivity index (χ1v) is 5.81. The minimum Gasteiger partial charge on any atom is -0.495 e. The van der Waals surface area contributed by atoms with Crippen LogP contribution in [0.4, 0.5) is 5.69 Å². The Labute approximate surface area is 101 Å². The van der Waals surface area contributed by atoms with Gasteiger partial charge in [0.05, 0.1) is 25.0 Å². The van der Waals surface area contributed by atoms with Crippen molar-refractivity contribution in [3.8, 4) is 5.75 Å². The van der Waals surface area contributed by atoms with E-state index in [1.807, 2.05) is 0 Å². The number of hydrogen-bond donors (Lipinski definition) is 1. The SMILES string of the molecule is COc1ccc(C(=O)OCC2CCC2)cc1N. The van der Waals surface area contributed by atoms with Gasteiger partial charge in [-0.3, -0.25) is 0 Å². The molecule has 0 aliphatic heterocycles. The van der Waals surface area contributed by atoms with E-state index in [0.29, 0.717) is 29.5 Å². The number of ether oxygens (including phenoxy) is 2. The monoisotopic (exact) mass is 235 g/mol. The predicted octanol–water partition coefficient (Wildman–Crippen LogP) is 2.23. The van der Waals surface area contributed by atoms with Crippen LogP contribution in [-0.2, 0) is 4.74 Å². The van der Waals surface area contributed by atoms with Crippen LogP contribution in [-0.4, -0.2) is 19.7 Å². The third-order valence-electron chi connectivity index (χ3n) is 3.14. The van der Waals surface area contributed by atoms with Gasteiger partial charge in [-0.15, -0.1) is 0 Å². The summed E-state index contributed by atoms with van der Waals surface area (Å²) in [4.78, 5) is 11.7. The fraction of sp³-hybridized carbons (Fsp3) is 0.462. The molecule has 1 fully saturated rings. The Morgan fingerprint density at radius 3 is 2.76 bits per heavy atom. The Hall–Kier alpha value is -1.71. The maximum absolute atomic E-state index is 11.7. The molecule has 2 N–H and O–H groups in total. The standard InChI is InChI=1S/C13H17NO3/c1-16-12-6-5-10(7-11(12)14)13(15)17-8-9-3-2-4-9/h5-7,9H,2-4,8,14H2,1H3. The Morgan fingerprint density at radius 2 is 2.24 bits per heavy atom. The molecular weight excluding hydrogens is 218 g/mol. The van der Waals surface area contributed by atoms with Gasteiger partial charge in [-0.05, 0) is 37.0 Å². The van der Waals surface area contributed by atoms with Crippen LogP contribution in [0, 0.1) is 5.92 Å². The summed E-state index contributed by atoms with van der Waals surface area (Å²) >= 11 is 0. The molecule has 0 saturated heterocycles. The van der Waals surface area contributed by atoms with Gasteiger partial charge in [0, 0.05) is 0 Å². The summed E-state index contributed by atoms with van der Waals surface area (Å²) in [6.07, 6.45) is 3.58. The number of carbonyl (C=O) groups excluding carboxylic acids is 1. The van der Waals surface area contributed by atoms with Gasteiger partial charge in [0.15, 0.2) is 0 Å². The first-order chi connectivity index (χ1) is 8.20. The number of rotatable bonds is 4. The number of benzene rings is 1. The Kier molecular flexibility index (Phi) is 3.52. The maximum Gasteiger partial charge on any atom is 0.338 e. The Balaban J connectivity index is 1.95. The molecule has 17 heavy (non-hydrogen) atoms. The average molecular weight is 235 g/mol. The zero-order valence-corrected chi connectivity index (χ0v) is 9.94. The predicted molar refractivity (Wildman–Crippen MR) is 65.0 cm³/mol. The number of esters is 1. The summed E-state index contributed by atoms with van der Waals surface area (Å²) in [5, 5.41) is 0. The molecule has 92 valence electrons. The average Bonchev–Trinajstić information content (AvgIpc) is 2.26. The largest absolute Gasteiger partial charge is 0.495 e. The van der Waals surface area contributed by atoms with E-state index in [9.17, 15) is 4.79 Å². The topological polar surface area (TPSA) is 61.5 Å². The second kappa shape index (κ2) is 5.08. The number of methoxy groups -OCH3 is 1. The van der Waals surface area contributed by atoms with Crippen molar-refractivity contribution in [2.75, 3.05) is 19.5 Å². The number of nitrogens with two attached hydrogens (primary N) is 1. The first kappa shape index (κ1) is 11.8. The number of hydrogen-bond acceptors (Lipinski definition) is 4. The molecule has 4 nitrogen and oxygen atoms in total. The van der Waals surface area contributed by atoms with Gasteiger partial charge in [0.2, 0.25) is 0 Å². The first-order valence-electron chi connectivity index (χ1n) is 5.81. The molecule has 0 spiro atoms. The van der Waals surface area contributed by atoms with Gasteiger partial charge < -0.3 is 15.2 Å². The summed E-state index contributed by atoms with van der Waals surface area (Å²) in [6.45, 7) is 0.519. The molecule has 1 saturated carbocycles. The quantitative estimate of drug-likeness (QED) is 0.642. The van der Waals surface area contributed by atoms with E-state index in [1.165, 1.54) is 6.42 Å². The molecule has 1 aromatic carbocycles. The summed E-state index contributed by atoms with van der Waals surface area (Å²) in [7, 11) is 1.54. The maximum atomic E-state index is 11.7. The second-order valence-corrected chi connectivity index (χ2v) is 4.35. The summed E-state index contributed by atoms with van der Waals surface area (Å²) in [5.74, 6) is 0.807. The number of carbonyl (C=O) groups is 1. The van der Waals surface area contributed by atoms with Crippen LogP contribution in [0.2, 0.25) is 0 Å². The van der Waals surface area contributed by atoms with E-state index >= 15 is 0 Å². The van der Waals surface area contributed by atoms with Crippen LogP contribution in [0.1, 0.15) is 29.6 Å². The molecule has 0 radical (unpaired) electrons. The van der Waals surface area contributed by atoms with Crippen molar-refractivity contribution in [3.63, 3.8) is 0 Å². The van der Waals surface area contributed by atoms with E-state index in [2.05, 4.69) is 0 Å². The zero-order valence-electron chi connectivity index (χ0n) is 9.94. The van der Waals surface area contributed by atoms with Gasteiger partial charge in [0.25, 0.3) is 0 Å². The molecule has 0 unspecified atom stereocenters. The van der Waals surface area contributed by atoms with Gasteiger partial charge in [-0.2, -0.15) is 0 Å². The summed E-state index contributed by atoms with van der Waals surface area (Å²) in [5.41, 5.74) is 6.65. The van der Waals surface area contributed by atoms with Crippen molar-refractivity contribution in [1.29, 1.82) is 0 Å². The van der Waals surface area contributed by atoms with Gasteiger partial charge >= 0.3 is 5.97 Å². The van der Waals surface area contributed by atoms with E-state index in [1.54, 1.807) is 25.3 Å². The lowest BCUT2D eigenvalue weighted by Crippen LogP contribution is -2.20. The minimum atomic E-state index is -0.314. The molecule has 1 aliphatic rings. The van der Waals surface area contributed by atoms with Crippen molar-refractivity contribution in [1.82, 2.24) is 0 Å². The van der Waals surface area contributed by atoms with Gasteiger partial charge in [-0.25, -0.2) is 4.79 Å². The van der Waals surface area contributed by atoms with Crippen LogP contribution < -0.4 is 10.5 Å². The normalized spacial score (nSPS) is 15.1. The lowest BCUT2D eigenvalue weighted by atomic mass is 9.86. The second-order valence-electron chi connectivity index (χ2n) is 4.35. The molecule has 1 aromatic rings. The lowest BCUT2D eigenvalue weighted by molar-refractivity contribution is 0.0371. The highest BCUT2D eigenvalue weighted by molar-refractivity contribution is 5.91. The molecule has 1 aliphatic carbocycles. The van der Waals surface area contributed by atoms with Crippen molar-refractivity contribution >= 4 is 11.7 Å². The molecule has 2 rings (SSSR count). The van der Waals surface area contributed by atoms with Crippen molar-refractivity contribution in [3.05, 3.63) is 23.8 Å². The van der Waals surface area contributed by atoms with E-state index < -0.39 is 0 Å². The summed E-state index contributed by atoms with van der Waals surface area (Å²) in [6, 6.07) is 4.93. The molecule has 0 bridgehead atoms. The van der Waals surface area contributed by atoms with Crippen molar-refractivity contribution in [2.45, 2.75) is 19.3 Å². The summed E-state index contributed by atoms with van der Waals surface area (Å²) < 4.78 is 10.3. The number of anilines is 1. The van der Waals surface area contributed by atoms with E-state index in [0.717, 1.165) is 12.8 Å². The molecule has 0 atom stereocenters. The Bertz CT molecular complexity index is 413. The third kappa shape index (κ3) is 2.70. The van der Waals surface area contributed by atoms with Gasteiger partial charge in [-0.1, -0.05) is 6.42 Å². The molecule has 0 heterocycles. The smallest absolute Gasteiger partial charge is 0.338 e. The highest BCUT2D eigenvalue weighted by Gasteiger charge is 2.19. The molecular formula is C13H17NO3. The highest BCUT2D eigenvalue weighted by Crippen LogP contribution is 2.27.